The highest BCUT2D eigenvalue weighted by molar-refractivity contribution is 6.34. The van der Waals surface area contributed by atoms with Gasteiger partial charge in [0.1, 0.15) is 17.2 Å². The van der Waals surface area contributed by atoms with Crippen LogP contribution in [-0.2, 0) is 13.1 Å². The van der Waals surface area contributed by atoms with Gasteiger partial charge in [0.25, 0.3) is 11.8 Å². The first kappa shape index (κ1) is 29.2. The predicted molar refractivity (Wildman–Crippen MR) is 166 cm³/mol. The zero-order valence-electron chi connectivity index (χ0n) is 24.6. The van der Waals surface area contributed by atoms with Gasteiger partial charge in [0, 0.05) is 42.1 Å². The highest BCUT2D eigenvalue weighted by atomic mass is 35.5. The molecule has 1 aromatic heterocycles. The minimum absolute atomic E-state index is 0.0538. The molecule has 1 aliphatic heterocycles. The first-order valence-electron chi connectivity index (χ1n) is 13.7. The smallest absolute Gasteiger partial charge is 0.270 e. The van der Waals surface area contributed by atoms with Crippen LogP contribution in [0.5, 0.6) is 11.5 Å². The quantitative estimate of drug-likeness (QED) is 0.266. The molecule has 2 heterocycles. The Morgan fingerprint density at radius 2 is 1.67 bits per heavy atom. The zero-order chi connectivity index (χ0) is 30.0. The fourth-order valence-corrected chi connectivity index (χ4v) is 5.49. The summed E-state index contributed by atoms with van der Waals surface area (Å²) in [4.78, 5) is 33.2. The summed E-state index contributed by atoms with van der Waals surface area (Å²) in [5.41, 5.74) is 5.10. The summed E-state index contributed by atoms with van der Waals surface area (Å²) < 4.78 is 13.1. The fraction of sp³-hybridized carbons (Fsp3) is 0.273. The molecule has 0 saturated heterocycles. The Labute approximate surface area is 251 Å². The summed E-state index contributed by atoms with van der Waals surface area (Å²) in [5, 5.41) is 0.424. The minimum atomic E-state index is -0.246. The third-order valence-corrected chi connectivity index (χ3v) is 7.91. The van der Waals surface area contributed by atoms with E-state index in [0.717, 1.165) is 34.6 Å². The highest BCUT2D eigenvalue weighted by Crippen LogP contribution is 2.38. The Kier molecular flexibility index (Phi) is 8.56. The Hall–Kier alpha value is -4.27. The number of rotatable bonds is 8. The van der Waals surface area contributed by atoms with Crippen LogP contribution in [0, 0.1) is 0 Å². The number of methoxy groups -OCH3 is 2. The summed E-state index contributed by atoms with van der Waals surface area (Å²) in [5.74, 6) is 0.817. The number of likely N-dealkylation sites (N-methyl/N-ethyl adjacent to an activating group) is 2. The van der Waals surface area contributed by atoms with E-state index in [-0.39, 0.29) is 18.4 Å². The SMILES string of the molecule is COc1cccc(-c2cc(OC)c(C(=O)N3Cc4ccc(C(=O)N(C)CCN(C)C)n4Cc4ccccc43)cc2Cl)c1. The topological polar surface area (TPSA) is 67.2 Å². The highest BCUT2D eigenvalue weighted by Gasteiger charge is 2.30. The van der Waals surface area contributed by atoms with Gasteiger partial charge in [-0.05, 0) is 67.7 Å². The molecule has 0 spiro atoms. The molecule has 0 aliphatic carbocycles. The lowest BCUT2D eigenvalue weighted by Gasteiger charge is -2.24. The first-order chi connectivity index (χ1) is 20.2. The van der Waals surface area contributed by atoms with Crippen LogP contribution in [-0.4, -0.2) is 74.6 Å². The first-order valence-corrected chi connectivity index (χ1v) is 14.1. The van der Waals surface area contributed by atoms with E-state index >= 15 is 0 Å². The maximum Gasteiger partial charge on any atom is 0.270 e. The number of anilines is 1. The van der Waals surface area contributed by atoms with Gasteiger partial charge in [-0.2, -0.15) is 0 Å². The predicted octanol–water partition coefficient (Wildman–Crippen LogP) is 5.67. The van der Waals surface area contributed by atoms with Crippen molar-refractivity contribution < 1.29 is 19.1 Å². The van der Waals surface area contributed by atoms with E-state index in [2.05, 4.69) is 0 Å². The lowest BCUT2D eigenvalue weighted by molar-refractivity contribution is 0.0775. The van der Waals surface area contributed by atoms with Gasteiger partial charge in [0.15, 0.2) is 0 Å². The molecule has 42 heavy (non-hydrogen) atoms. The van der Waals surface area contributed by atoms with Crippen LogP contribution in [0.2, 0.25) is 5.02 Å². The van der Waals surface area contributed by atoms with Gasteiger partial charge in [-0.25, -0.2) is 0 Å². The molecule has 3 aromatic carbocycles. The Bertz CT molecular complexity index is 1630. The van der Waals surface area contributed by atoms with Crippen molar-refractivity contribution in [3.8, 4) is 22.6 Å². The van der Waals surface area contributed by atoms with E-state index < -0.39 is 0 Å². The third kappa shape index (κ3) is 5.73. The van der Waals surface area contributed by atoms with Gasteiger partial charge >= 0.3 is 0 Å². The maximum absolute atomic E-state index is 14.3. The van der Waals surface area contributed by atoms with Gasteiger partial charge < -0.3 is 28.7 Å². The number of carbonyl (C=O) groups excluding carboxylic acids is 2. The second-order valence-corrected chi connectivity index (χ2v) is 11.0. The molecule has 0 N–H and O–H groups in total. The number of hydrogen-bond donors (Lipinski definition) is 0. The molecule has 4 aromatic rings. The summed E-state index contributed by atoms with van der Waals surface area (Å²) in [6.45, 7) is 2.13. The molecule has 0 saturated carbocycles. The molecule has 5 rings (SSSR count). The van der Waals surface area contributed by atoms with Crippen LogP contribution in [0.1, 0.15) is 32.1 Å². The monoisotopic (exact) mass is 586 g/mol. The number of amides is 2. The van der Waals surface area contributed by atoms with Gasteiger partial charge in [0.05, 0.1) is 32.9 Å². The molecule has 2 amide bonds. The largest absolute Gasteiger partial charge is 0.497 e. The van der Waals surface area contributed by atoms with E-state index in [1.54, 1.807) is 36.2 Å². The number of benzene rings is 3. The van der Waals surface area contributed by atoms with Gasteiger partial charge in [-0.3, -0.25) is 9.59 Å². The zero-order valence-corrected chi connectivity index (χ0v) is 25.3. The van der Waals surface area contributed by atoms with Crippen LogP contribution in [0.3, 0.4) is 0 Å². The van der Waals surface area contributed by atoms with E-state index in [4.69, 9.17) is 21.1 Å². The van der Waals surface area contributed by atoms with Gasteiger partial charge in [-0.15, -0.1) is 0 Å². The van der Waals surface area contributed by atoms with Crippen LogP contribution < -0.4 is 14.4 Å². The van der Waals surface area contributed by atoms with Crippen molar-refractivity contribution in [2.24, 2.45) is 0 Å². The standard InChI is InChI=1S/C33H35ClN4O4/c1-35(2)15-16-36(3)33(40)30-14-13-24-21-38(29-12-7-6-9-23(29)20-37(24)30)32(39)27-18-28(34)26(19-31(27)42-5)22-10-8-11-25(17-22)41-4/h6-14,17-19H,15-16,20-21H2,1-5H3. The number of fused-ring (bicyclic) bond motifs is 2. The molecule has 8 nitrogen and oxygen atoms in total. The maximum atomic E-state index is 14.3. The molecule has 9 heteroatoms. The molecule has 1 aliphatic rings. The fourth-order valence-electron chi connectivity index (χ4n) is 5.22. The molecule has 218 valence electrons. The summed E-state index contributed by atoms with van der Waals surface area (Å²) in [7, 11) is 8.94. The van der Waals surface area contributed by atoms with Crippen LogP contribution in [0.15, 0.2) is 72.8 Å². The molecule has 0 unspecified atom stereocenters. The van der Waals surface area contributed by atoms with Crippen molar-refractivity contribution in [3.05, 3.63) is 100 Å². The number of nitrogens with zero attached hydrogens (tertiary/aromatic N) is 4. The molecule has 0 bridgehead atoms. The number of carbonyl (C=O) groups is 2. The van der Waals surface area contributed by atoms with Crippen LogP contribution >= 0.6 is 11.6 Å². The van der Waals surface area contributed by atoms with E-state index in [9.17, 15) is 9.59 Å². The second-order valence-electron chi connectivity index (χ2n) is 10.6. The number of hydrogen-bond acceptors (Lipinski definition) is 5. The van der Waals surface area contributed by atoms with E-state index in [1.807, 2.05) is 91.3 Å². The summed E-state index contributed by atoms with van der Waals surface area (Å²) in [6, 6.07) is 22.6. The molecular weight excluding hydrogens is 552 g/mol. The lowest BCUT2D eigenvalue weighted by Crippen LogP contribution is -2.34. The van der Waals surface area contributed by atoms with Gasteiger partial charge in [-0.1, -0.05) is 41.9 Å². The Morgan fingerprint density at radius 1 is 0.881 bits per heavy atom. The molecule has 0 atom stereocenters. The number of para-hydroxylation sites is 1. The van der Waals surface area contributed by atoms with Crippen LogP contribution in [0.25, 0.3) is 11.1 Å². The average Bonchev–Trinajstić information content (AvgIpc) is 3.31. The van der Waals surface area contributed by atoms with Crippen molar-refractivity contribution in [2.75, 3.05) is 53.4 Å². The van der Waals surface area contributed by atoms with Gasteiger partial charge in [0.2, 0.25) is 0 Å². The number of halogens is 1. The molecular formula is C33H35ClN4O4. The third-order valence-electron chi connectivity index (χ3n) is 7.60. The minimum Gasteiger partial charge on any atom is -0.497 e. The normalized spacial score (nSPS) is 12.4. The summed E-state index contributed by atoms with van der Waals surface area (Å²) >= 11 is 6.78. The van der Waals surface area contributed by atoms with Crippen molar-refractivity contribution in [1.29, 1.82) is 0 Å². The summed E-state index contributed by atoms with van der Waals surface area (Å²) in [6.07, 6.45) is 0. The average molecular weight is 587 g/mol. The van der Waals surface area contributed by atoms with Crippen molar-refractivity contribution in [3.63, 3.8) is 0 Å². The lowest BCUT2D eigenvalue weighted by atomic mass is 10.0. The Balaban J connectivity index is 1.52. The van der Waals surface area contributed by atoms with Crippen molar-refractivity contribution in [2.45, 2.75) is 13.1 Å². The van der Waals surface area contributed by atoms with E-state index in [1.165, 1.54) is 0 Å². The molecule has 0 fully saturated rings. The van der Waals surface area contributed by atoms with E-state index in [0.29, 0.717) is 40.9 Å². The van der Waals surface area contributed by atoms with Crippen LogP contribution in [0.4, 0.5) is 5.69 Å². The van der Waals surface area contributed by atoms with Crippen molar-refractivity contribution >= 4 is 29.1 Å². The van der Waals surface area contributed by atoms with Crippen molar-refractivity contribution in [1.82, 2.24) is 14.4 Å². The second kappa shape index (κ2) is 12.3. The number of aromatic nitrogens is 1. The Morgan fingerprint density at radius 3 is 2.40 bits per heavy atom. The molecule has 0 radical (unpaired) electrons. The number of ether oxygens (including phenoxy) is 2.